The first-order valence-corrected chi connectivity index (χ1v) is 17.3. The van der Waals surface area contributed by atoms with E-state index in [-0.39, 0.29) is 5.41 Å². The fraction of sp³-hybridized carbons (Fsp3) is 0.0638. The van der Waals surface area contributed by atoms with Crippen LogP contribution in [0, 0.1) is 0 Å². The average molecular weight is 655 g/mol. The summed E-state index contributed by atoms with van der Waals surface area (Å²) in [6.07, 6.45) is 3.66. The fourth-order valence-corrected chi connectivity index (χ4v) is 7.34. The summed E-state index contributed by atoms with van der Waals surface area (Å²) in [7, 11) is 0. The minimum absolute atomic E-state index is 0.0182. The van der Waals surface area contributed by atoms with E-state index < -0.39 is 0 Å². The van der Waals surface area contributed by atoms with Gasteiger partial charge in [0.2, 0.25) is 0 Å². The molecule has 0 spiro atoms. The molecule has 2 aromatic heterocycles. The minimum atomic E-state index is -0.0182. The van der Waals surface area contributed by atoms with Crippen molar-refractivity contribution in [1.29, 1.82) is 0 Å². The van der Waals surface area contributed by atoms with E-state index in [4.69, 9.17) is 15.0 Å². The second-order valence-corrected chi connectivity index (χ2v) is 13.5. The predicted molar refractivity (Wildman–Crippen MR) is 208 cm³/mol. The molecule has 0 N–H and O–H groups in total. The van der Waals surface area contributed by atoms with Gasteiger partial charge in [-0.15, -0.1) is 0 Å². The molecule has 0 unspecified atom stereocenters. The van der Waals surface area contributed by atoms with Crippen LogP contribution in [0.2, 0.25) is 0 Å². The zero-order valence-electron chi connectivity index (χ0n) is 28.5. The van der Waals surface area contributed by atoms with Crippen LogP contribution in [-0.2, 0) is 5.41 Å². The van der Waals surface area contributed by atoms with Crippen LogP contribution in [0.3, 0.4) is 0 Å². The zero-order valence-corrected chi connectivity index (χ0v) is 28.5. The Hall–Kier alpha value is -6.52. The Morgan fingerprint density at radius 3 is 1.39 bits per heavy atom. The Morgan fingerprint density at radius 2 is 0.804 bits per heavy atom. The Labute approximate surface area is 298 Å². The molecule has 0 saturated carbocycles. The molecule has 0 saturated heterocycles. The number of benzene rings is 6. The van der Waals surface area contributed by atoms with Crippen molar-refractivity contribution in [2.75, 3.05) is 0 Å². The van der Waals surface area contributed by atoms with Gasteiger partial charge >= 0.3 is 0 Å². The monoisotopic (exact) mass is 654 g/mol. The number of aromatic nitrogens is 4. The van der Waals surface area contributed by atoms with Crippen LogP contribution in [0.15, 0.2) is 170 Å². The van der Waals surface area contributed by atoms with Crippen molar-refractivity contribution >= 4 is 0 Å². The van der Waals surface area contributed by atoms with E-state index >= 15 is 0 Å². The normalized spacial score (nSPS) is 12.7. The maximum absolute atomic E-state index is 4.97. The molecule has 0 atom stereocenters. The summed E-state index contributed by atoms with van der Waals surface area (Å²) < 4.78 is 0. The van der Waals surface area contributed by atoms with Gasteiger partial charge in [-0.2, -0.15) is 0 Å². The first-order valence-electron chi connectivity index (χ1n) is 17.3. The number of pyridine rings is 1. The molecule has 0 radical (unpaired) electrons. The van der Waals surface area contributed by atoms with Crippen LogP contribution in [0.5, 0.6) is 0 Å². The highest BCUT2D eigenvalue weighted by Crippen LogP contribution is 2.52. The molecule has 4 heteroatoms. The maximum atomic E-state index is 4.97. The van der Waals surface area contributed by atoms with Gasteiger partial charge in [0.25, 0.3) is 0 Å². The van der Waals surface area contributed by atoms with Crippen molar-refractivity contribution in [2.45, 2.75) is 19.3 Å². The summed E-state index contributed by atoms with van der Waals surface area (Å²) in [6.45, 7) is 4.66. The van der Waals surface area contributed by atoms with Crippen LogP contribution in [0.1, 0.15) is 25.0 Å². The summed E-state index contributed by atoms with van der Waals surface area (Å²) in [5.41, 5.74) is 15.2. The lowest BCUT2D eigenvalue weighted by molar-refractivity contribution is 0.660. The molecule has 6 aromatic carbocycles. The van der Waals surface area contributed by atoms with E-state index in [1.807, 2.05) is 42.6 Å². The zero-order chi connectivity index (χ0) is 34.4. The Balaban J connectivity index is 1.03. The fourth-order valence-electron chi connectivity index (χ4n) is 7.34. The van der Waals surface area contributed by atoms with Gasteiger partial charge in [0.1, 0.15) is 0 Å². The van der Waals surface area contributed by atoms with E-state index in [9.17, 15) is 0 Å². The highest BCUT2D eigenvalue weighted by Gasteiger charge is 2.36. The van der Waals surface area contributed by atoms with Crippen molar-refractivity contribution in [1.82, 2.24) is 19.9 Å². The molecule has 0 amide bonds. The molecule has 9 rings (SSSR count). The van der Waals surface area contributed by atoms with Gasteiger partial charge in [-0.05, 0) is 61.7 Å². The molecule has 1 aliphatic carbocycles. The van der Waals surface area contributed by atoms with E-state index in [0.29, 0.717) is 17.5 Å². The van der Waals surface area contributed by atoms with Crippen molar-refractivity contribution < 1.29 is 0 Å². The molecule has 0 aliphatic heterocycles. The lowest BCUT2D eigenvalue weighted by Crippen LogP contribution is -2.14. The molecular formula is C47H34N4. The number of fused-ring (bicyclic) bond motifs is 3. The van der Waals surface area contributed by atoms with E-state index in [1.165, 1.54) is 33.4 Å². The lowest BCUT2D eigenvalue weighted by atomic mass is 9.82. The first kappa shape index (κ1) is 30.5. The van der Waals surface area contributed by atoms with Crippen molar-refractivity contribution in [3.05, 3.63) is 181 Å². The highest BCUT2D eigenvalue weighted by atomic mass is 15.0. The summed E-state index contributed by atoms with van der Waals surface area (Å²) in [6, 6.07) is 55.4. The third-order valence-electron chi connectivity index (χ3n) is 10.1. The van der Waals surface area contributed by atoms with Crippen LogP contribution in [-0.4, -0.2) is 19.9 Å². The molecule has 51 heavy (non-hydrogen) atoms. The Bertz CT molecular complexity index is 2500. The van der Waals surface area contributed by atoms with Gasteiger partial charge < -0.3 is 0 Å². The Kier molecular flexibility index (Phi) is 7.44. The molecule has 2 heterocycles. The summed E-state index contributed by atoms with van der Waals surface area (Å²) in [5, 5.41) is 0. The average Bonchev–Trinajstić information content (AvgIpc) is 3.45. The minimum Gasteiger partial charge on any atom is -0.264 e. The van der Waals surface area contributed by atoms with Crippen LogP contribution >= 0.6 is 0 Å². The molecule has 4 nitrogen and oxygen atoms in total. The lowest BCUT2D eigenvalue weighted by Gasteiger charge is -2.21. The standard InChI is InChI=1S/C47H34N4/c1-47(2)41-15-7-6-13-40(41)43-39(14-8-16-42(43)47)34-23-17-31(18-24-34)32-19-25-36(26-20-32)45-49-44(35-10-4-3-5-11-35)50-46(51-45)37-27-21-33(22-28-37)38-12-9-29-48-30-38/h3-30H,1-2H3. The van der Waals surface area contributed by atoms with Gasteiger partial charge in [0, 0.05) is 34.5 Å². The summed E-state index contributed by atoms with van der Waals surface area (Å²) >= 11 is 0. The van der Waals surface area contributed by atoms with Crippen molar-refractivity contribution in [3.63, 3.8) is 0 Å². The van der Waals surface area contributed by atoms with E-state index in [0.717, 1.165) is 38.9 Å². The molecule has 8 aromatic rings. The van der Waals surface area contributed by atoms with Gasteiger partial charge in [-0.1, -0.05) is 166 Å². The first-order chi connectivity index (χ1) is 25.0. The third-order valence-corrected chi connectivity index (χ3v) is 10.1. The quantitative estimate of drug-likeness (QED) is 0.179. The maximum Gasteiger partial charge on any atom is 0.164 e. The number of nitrogens with zero attached hydrogens (tertiary/aromatic N) is 4. The second-order valence-electron chi connectivity index (χ2n) is 13.5. The molecule has 0 bridgehead atoms. The smallest absolute Gasteiger partial charge is 0.164 e. The second kappa shape index (κ2) is 12.4. The van der Waals surface area contributed by atoms with Crippen LogP contribution in [0.25, 0.3) is 78.7 Å². The topological polar surface area (TPSA) is 51.6 Å². The van der Waals surface area contributed by atoms with E-state index in [2.05, 4.69) is 140 Å². The third kappa shape index (κ3) is 5.51. The van der Waals surface area contributed by atoms with Crippen LogP contribution in [0.4, 0.5) is 0 Å². The predicted octanol–water partition coefficient (Wildman–Crippen LogP) is 11.6. The largest absolute Gasteiger partial charge is 0.264 e. The molecule has 1 aliphatic rings. The summed E-state index contributed by atoms with van der Waals surface area (Å²) in [4.78, 5) is 19.1. The highest BCUT2D eigenvalue weighted by molar-refractivity contribution is 5.92. The molecule has 242 valence electrons. The number of rotatable bonds is 6. The van der Waals surface area contributed by atoms with Gasteiger partial charge in [-0.25, -0.2) is 15.0 Å². The SMILES string of the molecule is CC1(C)c2ccccc2-c2c(-c3ccc(-c4ccc(-c5nc(-c6ccccc6)nc(-c6ccc(-c7cccnc7)cc6)n5)cc4)cc3)cccc21. The van der Waals surface area contributed by atoms with E-state index in [1.54, 1.807) is 6.20 Å². The number of hydrogen-bond acceptors (Lipinski definition) is 4. The van der Waals surface area contributed by atoms with Gasteiger partial charge in [0.15, 0.2) is 17.5 Å². The van der Waals surface area contributed by atoms with Crippen molar-refractivity contribution in [3.8, 4) is 78.7 Å². The molecule has 0 fully saturated rings. The number of hydrogen-bond donors (Lipinski definition) is 0. The molecular weight excluding hydrogens is 621 g/mol. The van der Waals surface area contributed by atoms with Crippen molar-refractivity contribution in [2.24, 2.45) is 0 Å². The van der Waals surface area contributed by atoms with Gasteiger partial charge in [-0.3, -0.25) is 4.98 Å². The summed E-state index contributed by atoms with van der Waals surface area (Å²) in [5.74, 6) is 1.91. The van der Waals surface area contributed by atoms with Crippen LogP contribution < -0.4 is 0 Å². The van der Waals surface area contributed by atoms with Gasteiger partial charge in [0.05, 0.1) is 0 Å². The Morgan fingerprint density at radius 1 is 0.353 bits per heavy atom.